The third-order valence-electron chi connectivity index (χ3n) is 2.02. The van der Waals surface area contributed by atoms with Gasteiger partial charge in [-0.15, -0.1) is 0 Å². The predicted molar refractivity (Wildman–Crippen MR) is 70.2 cm³/mol. The molecule has 0 aliphatic rings. The summed E-state index contributed by atoms with van der Waals surface area (Å²) in [5, 5.41) is 0. The highest BCUT2D eigenvalue weighted by Crippen LogP contribution is 2.29. The molecule has 0 aromatic heterocycles. The van der Waals surface area contributed by atoms with E-state index in [9.17, 15) is 0 Å². The number of hydrogen-bond acceptors (Lipinski definition) is 1. The standard InChI is InChI=1S/C11H16BrNSi/c1-5-13(14(2,3)4)11-9-7-6-8-10(11)12/h5-9H,1H2,2-4H3. The third-order valence-corrected chi connectivity index (χ3v) is 4.56. The normalized spacial score (nSPS) is 11.1. The van der Waals surface area contributed by atoms with Crippen LogP contribution in [-0.4, -0.2) is 8.24 Å². The van der Waals surface area contributed by atoms with Gasteiger partial charge >= 0.3 is 0 Å². The first-order valence-corrected chi connectivity index (χ1v) is 8.87. The van der Waals surface area contributed by atoms with Crippen molar-refractivity contribution in [3.63, 3.8) is 0 Å². The van der Waals surface area contributed by atoms with Crippen LogP contribution >= 0.6 is 15.9 Å². The van der Waals surface area contributed by atoms with Gasteiger partial charge in [-0.05, 0) is 34.3 Å². The van der Waals surface area contributed by atoms with E-state index in [-0.39, 0.29) is 0 Å². The summed E-state index contributed by atoms with van der Waals surface area (Å²) in [5.41, 5.74) is 1.21. The zero-order valence-corrected chi connectivity index (χ0v) is 11.5. The lowest BCUT2D eigenvalue weighted by atomic mass is 10.3. The molecule has 0 bridgehead atoms. The van der Waals surface area contributed by atoms with Crippen molar-refractivity contribution in [2.24, 2.45) is 0 Å². The van der Waals surface area contributed by atoms with Gasteiger partial charge in [0.15, 0.2) is 8.24 Å². The average molecular weight is 270 g/mol. The first-order valence-electron chi connectivity index (χ1n) is 4.63. The maximum absolute atomic E-state index is 3.88. The van der Waals surface area contributed by atoms with Gasteiger partial charge in [-0.2, -0.15) is 0 Å². The van der Waals surface area contributed by atoms with E-state index in [0.717, 1.165) is 4.47 Å². The van der Waals surface area contributed by atoms with Crippen LogP contribution in [0.3, 0.4) is 0 Å². The van der Waals surface area contributed by atoms with E-state index in [4.69, 9.17) is 0 Å². The molecular weight excluding hydrogens is 254 g/mol. The minimum absolute atomic E-state index is 1.13. The van der Waals surface area contributed by atoms with E-state index >= 15 is 0 Å². The van der Waals surface area contributed by atoms with Gasteiger partial charge in [0.1, 0.15) is 0 Å². The minimum atomic E-state index is -1.37. The molecule has 14 heavy (non-hydrogen) atoms. The van der Waals surface area contributed by atoms with Crippen molar-refractivity contribution in [1.29, 1.82) is 0 Å². The fourth-order valence-corrected chi connectivity index (χ4v) is 3.49. The second kappa shape index (κ2) is 4.32. The van der Waals surface area contributed by atoms with E-state index in [2.05, 4.69) is 64.9 Å². The SMILES string of the molecule is C=CN(c1ccccc1Br)[Si](C)(C)C. The second-order valence-electron chi connectivity index (χ2n) is 4.17. The van der Waals surface area contributed by atoms with Gasteiger partial charge in [0.05, 0.1) is 0 Å². The zero-order chi connectivity index (χ0) is 10.8. The molecule has 0 fully saturated rings. The van der Waals surface area contributed by atoms with Gasteiger partial charge in [-0.3, -0.25) is 0 Å². The Hall–Kier alpha value is -0.543. The number of para-hydroxylation sites is 1. The molecule has 3 heteroatoms. The number of nitrogens with zero attached hydrogens (tertiary/aromatic N) is 1. The van der Waals surface area contributed by atoms with E-state index in [1.54, 1.807) is 0 Å². The van der Waals surface area contributed by atoms with Crippen LogP contribution < -0.4 is 4.57 Å². The first kappa shape index (κ1) is 11.5. The zero-order valence-electron chi connectivity index (χ0n) is 8.92. The van der Waals surface area contributed by atoms with E-state index in [1.165, 1.54) is 5.69 Å². The summed E-state index contributed by atoms with van der Waals surface area (Å²) < 4.78 is 3.42. The molecule has 0 amide bonds. The lowest BCUT2D eigenvalue weighted by molar-refractivity contribution is 1.31. The van der Waals surface area contributed by atoms with Crippen LogP contribution in [0.15, 0.2) is 41.5 Å². The number of anilines is 1. The van der Waals surface area contributed by atoms with Crippen molar-refractivity contribution in [3.05, 3.63) is 41.5 Å². The Morgan fingerprint density at radius 3 is 2.29 bits per heavy atom. The van der Waals surface area contributed by atoms with Crippen molar-refractivity contribution < 1.29 is 0 Å². The fraction of sp³-hybridized carbons (Fsp3) is 0.273. The van der Waals surface area contributed by atoms with Crippen LogP contribution in [0.25, 0.3) is 0 Å². The molecule has 0 aliphatic heterocycles. The number of halogens is 1. The Morgan fingerprint density at radius 2 is 1.86 bits per heavy atom. The second-order valence-corrected chi connectivity index (χ2v) is 9.85. The summed E-state index contributed by atoms with van der Waals surface area (Å²) >= 11 is 3.56. The minimum Gasteiger partial charge on any atom is -0.375 e. The molecule has 76 valence electrons. The van der Waals surface area contributed by atoms with E-state index < -0.39 is 8.24 Å². The van der Waals surface area contributed by atoms with Crippen molar-refractivity contribution in [3.8, 4) is 0 Å². The van der Waals surface area contributed by atoms with E-state index in [1.807, 2.05) is 12.3 Å². The summed E-state index contributed by atoms with van der Waals surface area (Å²) in [5.74, 6) is 0. The maximum Gasteiger partial charge on any atom is 0.152 e. The Bertz CT molecular complexity index is 330. The topological polar surface area (TPSA) is 3.24 Å². The summed E-state index contributed by atoms with van der Waals surface area (Å²) in [6, 6.07) is 8.26. The van der Waals surface area contributed by atoms with Crippen LogP contribution in [0.4, 0.5) is 5.69 Å². The molecule has 0 saturated carbocycles. The van der Waals surface area contributed by atoms with Gasteiger partial charge in [-0.25, -0.2) is 0 Å². The monoisotopic (exact) mass is 269 g/mol. The van der Waals surface area contributed by atoms with Gasteiger partial charge in [0.2, 0.25) is 0 Å². The lowest BCUT2D eigenvalue weighted by Gasteiger charge is -2.33. The summed E-state index contributed by atoms with van der Waals surface area (Å²) in [6.07, 6.45) is 1.92. The Labute approximate surface area is 95.7 Å². The summed E-state index contributed by atoms with van der Waals surface area (Å²) in [4.78, 5) is 0. The molecule has 1 aromatic rings. The van der Waals surface area contributed by atoms with Crippen LogP contribution in [-0.2, 0) is 0 Å². The molecule has 0 heterocycles. The largest absolute Gasteiger partial charge is 0.375 e. The van der Waals surface area contributed by atoms with Crippen molar-refractivity contribution in [1.82, 2.24) is 0 Å². The van der Waals surface area contributed by atoms with Crippen molar-refractivity contribution in [2.45, 2.75) is 19.6 Å². The molecule has 1 rings (SSSR count). The fourth-order valence-electron chi connectivity index (χ4n) is 1.38. The van der Waals surface area contributed by atoms with Gasteiger partial charge in [0, 0.05) is 10.2 Å². The van der Waals surface area contributed by atoms with Crippen molar-refractivity contribution in [2.75, 3.05) is 4.57 Å². The highest BCUT2D eigenvalue weighted by Gasteiger charge is 2.23. The highest BCUT2D eigenvalue weighted by molar-refractivity contribution is 9.10. The molecular formula is C11H16BrNSi. The van der Waals surface area contributed by atoms with Crippen LogP contribution in [0, 0.1) is 0 Å². The van der Waals surface area contributed by atoms with Gasteiger partial charge in [-0.1, -0.05) is 38.4 Å². The summed E-state index contributed by atoms with van der Waals surface area (Å²) in [6.45, 7) is 10.8. The van der Waals surface area contributed by atoms with Gasteiger partial charge in [0.25, 0.3) is 0 Å². The van der Waals surface area contributed by atoms with Crippen LogP contribution in [0.1, 0.15) is 0 Å². The molecule has 0 radical (unpaired) electrons. The van der Waals surface area contributed by atoms with Crippen LogP contribution in [0.5, 0.6) is 0 Å². The molecule has 1 aromatic carbocycles. The average Bonchev–Trinajstić information content (AvgIpc) is 2.07. The highest BCUT2D eigenvalue weighted by atomic mass is 79.9. The number of rotatable bonds is 3. The van der Waals surface area contributed by atoms with Crippen LogP contribution in [0.2, 0.25) is 19.6 Å². The maximum atomic E-state index is 3.88. The Kier molecular flexibility index (Phi) is 3.56. The van der Waals surface area contributed by atoms with E-state index in [0.29, 0.717) is 0 Å². The lowest BCUT2D eigenvalue weighted by Crippen LogP contribution is -2.42. The Balaban J connectivity index is 3.14. The molecule has 0 saturated heterocycles. The molecule has 0 N–H and O–H groups in total. The van der Waals surface area contributed by atoms with Gasteiger partial charge < -0.3 is 4.57 Å². The molecule has 0 aliphatic carbocycles. The smallest absolute Gasteiger partial charge is 0.152 e. The quantitative estimate of drug-likeness (QED) is 0.743. The summed E-state index contributed by atoms with van der Waals surface area (Å²) in [7, 11) is -1.37. The van der Waals surface area contributed by atoms with Crippen molar-refractivity contribution >= 4 is 29.9 Å². The molecule has 0 spiro atoms. The first-order chi connectivity index (χ1) is 6.46. The Morgan fingerprint density at radius 1 is 1.29 bits per heavy atom. The molecule has 1 nitrogen and oxygen atoms in total. The molecule has 0 unspecified atom stereocenters. The number of benzene rings is 1. The predicted octanol–water partition coefficient (Wildman–Crippen LogP) is 4.23. The number of hydrogen-bond donors (Lipinski definition) is 0. The third kappa shape index (κ3) is 2.48. The molecule has 0 atom stereocenters.